The summed E-state index contributed by atoms with van der Waals surface area (Å²) >= 11 is 0. The van der Waals surface area contributed by atoms with Gasteiger partial charge in [-0.3, -0.25) is 4.79 Å². The van der Waals surface area contributed by atoms with Gasteiger partial charge in [0, 0.05) is 17.7 Å². The molecule has 2 nitrogen and oxygen atoms in total. The minimum absolute atomic E-state index is 0.0725. The van der Waals surface area contributed by atoms with Crippen molar-refractivity contribution in [2.45, 2.75) is 32.2 Å². The number of ketones is 1. The molecule has 2 heteroatoms. The van der Waals surface area contributed by atoms with Crippen LogP contribution in [-0.2, 0) is 4.79 Å². The number of anilines is 1. The molecule has 0 saturated heterocycles. The lowest BCUT2D eigenvalue weighted by molar-refractivity contribution is -0.116. The number of rotatable bonds is 4. The van der Waals surface area contributed by atoms with Crippen LogP contribution in [-0.4, -0.2) is 5.78 Å². The molecule has 0 heterocycles. The van der Waals surface area contributed by atoms with Crippen LogP contribution in [0.15, 0.2) is 66.2 Å². The maximum atomic E-state index is 12.3. The van der Waals surface area contributed by atoms with Crippen LogP contribution < -0.4 is 5.32 Å². The predicted molar refractivity (Wildman–Crippen MR) is 90.9 cm³/mol. The SMILES string of the molecule is Cc1ccc(NC(C2=CCCCC2=O)c2ccccc2)cc1. The minimum Gasteiger partial charge on any atom is -0.374 e. The van der Waals surface area contributed by atoms with Crippen LogP contribution in [0.25, 0.3) is 0 Å². The first kappa shape index (κ1) is 14.6. The number of benzene rings is 2. The normalized spacial score (nSPS) is 16.0. The van der Waals surface area contributed by atoms with Crippen LogP contribution in [0.5, 0.6) is 0 Å². The molecule has 2 aromatic carbocycles. The second kappa shape index (κ2) is 6.61. The summed E-state index contributed by atoms with van der Waals surface area (Å²) in [5, 5.41) is 3.53. The molecule has 22 heavy (non-hydrogen) atoms. The molecular formula is C20H21NO. The summed E-state index contributed by atoms with van der Waals surface area (Å²) in [6.45, 7) is 2.08. The average molecular weight is 291 g/mol. The van der Waals surface area contributed by atoms with Gasteiger partial charge in [-0.15, -0.1) is 0 Å². The quantitative estimate of drug-likeness (QED) is 0.874. The molecule has 1 atom stereocenters. The van der Waals surface area contributed by atoms with E-state index >= 15 is 0 Å². The monoisotopic (exact) mass is 291 g/mol. The molecule has 112 valence electrons. The third-order valence-electron chi connectivity index (χ3n) is 4.10. The Balaban J connectivity index is 1.94. The summed E-state index contributed by atoms with van der Waals surface area (Å²) in [4.78, 5) is 12.3. The van der Waals surface area contributed by atoms with Gasteiger partial charge in [0.15, 0.2) is 5.78 Å². The van der Waals surface area contributed by atoms with Gasteiger partial charge >= 0.3 is 0 Å². The van der Waals surface area contributed by atoms with E-state index < -0.39 is 0 Å². The highest BCUT2D eigenvalue weighted by Gasteiger charge is 2.24. The molecule has 3 rings (SSSR count). The first-order chi connectivity index (χ1) is 10.7. The predicted octanol–water partition coefficient (Wildman–Crippen LogP) is 4.83. The molecule has 2 aromatic rings. The summed E-state index contributed by atoms with van der Waals surface area (Å²) in [5.74, 6) is 0.264. The molecule has 0 aromatic heterocycles. The summed E-state index contributed by atoms with van der Waals surface area (Å²) in [6.07, 6.45) is 4.71. The second-order valence-electron chi connectivity index (χ2n) is 5.83. The van der Waals surface area contributed by atoms with Crippen LogP contribution >= 0.6 is 0 Å². The van der Waals surface area contributed by atoms with E-state index in [0.29, 0.717) is 6.42 Å². The highest BCUT2D eigenvalue weighted by atomic mass is 16.1. The Labute approximate surface area is 131 Å². The summed E-state index contributed by atoms with van der Waals surface area (Å²) in [5.41, 5.74) is 4.30. The first-order valence-corrected chi connectivity index (χ1v) is 7.85. The van der Waals surface area contributed by atoms with Gasteiger partial charge in [0.2, 0.25) is 0 Å². The van der Waals surface area contributed by atoms with E-state index in [4.69, 9.17) is 0 Å². The Hall–Kier alpha value is -2.35. The van der Waals surface area contributed by atoms with Crippen molar-refractivity contribution in [2.24, 2.45) is 0 Å². The fourth-order valence-electron chi connectivity index (χ4n) is 2.86. The standard InChI is InChI=1S/C20H21NO/c1-15-11-13-17(14-12-15)21-20(16-7-3-2-4-8-16)18-9-5-6-10-19(18)22/h2-4,7-9,11-14,20-21H,5-6,10H2,1H3. The van der Waals surface area contributed by atoms with Crippen molar-refractivity contribution in [3.8, 4) is 0 Å². The van der Waals surface area contributed by atoms with Crippen molar-refractivity contribution >= 4 is 11.5 Å². The van der Waals surface area contributed by atoms with E-state index in [1.165, 1.54) is 5.56 Å². The number of hydrogen-bond donors (Lipinski definition) is 1. The highest BCUT2D eigenvalue weighted by molar-refractivity contribution is 5.98. The number of nitrogens with one attached hydrogen (secondary N) is 1. The summed E-state index contributed by atoms with van der Waals surface area (Å²) < 4.78 is 0. The second-order valence-corrected chi connectivity index (χ2v) is 5.83. The number of hydrogen-bond acceptors (Lipinski definition) is 2. The van der Waals surface area contributed by atoms with Gasteiger partial charge in [0.05, 0.1) is 6.04 Å². The minimum atomic E-state index is -0.0725. The molecule has 0 bridgehead atoms. The maximum Gasteiger partial charge on any atom is 0.160 e. The van der Waals surface area contributed by atoms with Crippen molar-refractivity contribution in [1.29, 1.82) is 0 Å². The first-order valence-electron chi connectivity index (χ1n) is 7.85. The van der Waals surface area contributed by atoms with E-state index in [1.807, 2.05) is 18.2 Å². The van der Waals surface area contributed by atoms with E-state index in [0.717, 1.165) is 29.7 Å². The molecule has 0 fully saturated rings. The zero-order chi connectivity index (χ0) is 15.4. The van der Waals surface area contributed by atoms with E-state index in [1.54, 1.807) is 0 Å². The van der Waals surface area contributed by atoms with Crippen molar-refractivity contribution in [3.05, 3.63) is 77.4 Å². The molecule has 1 N–H and O–H groups in total. The lowest BCUT2D eigenvalue weighted by Gasteiger charge is -2.25. The van der Waals surface area contributed by atoms with Crippen LogP contribution in [0.3, 0.4) is 0 Å². The molecule has 0 aliphatic heterocycles. The van der Waals surface area contributed by atoms with Crippen LogP contribution in [0.2, 0.25) is 0 Å². The van der Waals surface area contributed by atoms with E-state index in [9.17, 15) is 4.79 Å². The van der Waals surface area contributed by atoms with E-state index in [-0.39, 0.29) is 11.8 Å². The smallest absolute Gasteiger partial charge is 0.160 e. The van der Waals surface area contributed by atoms with Gasteiger partial charge in [-0.25, -0.2) is 0 Å². The van der Waals surface area contributed by atoms with Gasteiger partial charge in [-0.05, 0) is 37.5 Å². The number of carbonyl (C=O) groups excluding carboxylic acids is 1. The molecule has 0 radical (unpaired) electrons. The summed E-state index contributed by atoms with van der Waals surface area (Å²) in [6, 6.07) is 18.4. The molecule has 1 aliphatic carbocycles. The van der Waals surface area contributed by atoms with Gasteiger partial charge < -0.3 is 5.32 Å². The van der Waals surface area contributed by atoms with Crippen molar-refractivity contribution in [1.82, 2.24) is 0 Å². The average Bonchev–Trinajstić information content (AvgIpc) is 2.56. The number of allylic oxidation sites excluding steroid dienone is 1. The topological polar surface area (TPSA) is 29.1 Å². The number of Topliss-reactive ketones (excluding diaryl/α,β-unsaturated/α-hetero) is 1. The lowest BCUT2D eigenvalue weighted by Crippen LogP contribution is -2.21. The number of carbonyl (C=O) groups is 1. The molecule has 1 unspecified atom stereocenters. The third-order valence-corrected chi connectivity index (χ3v) is 4.10. The van der Waals surface area contributed by atoms with Gasteiger partial charge in [-0.1, -0.05) is 54.1 Å². The fraction of sp³-hybridized carbons (Fsp3) is 0.250. The largest absolute Gasteiger partial charge is 0.374 e. The highest BCUT2D eigenvalue weighted by Crippen LogP contribution is 2.31. The number of aryl methyl sites for hydroxylation is 1. The van der Waals surface area contributed by atoms with Crippen LogP contribution in [0.1, 0.15) is 36.4 Å². The Morgan fingerprint density at radius 3 is 2.41 bits per heavy atom. The zero-order valence-electron chi connectivity index (χ0n) is 12.9. The zero-order valence-corrected chi connectivity index (χ0v) is 12.9. The Kier molecular flexibility index (Phi) is 4.38. The maximum absolute atomic E-state index is 12.3. The molecule has 0 spiro atoms. The van der Waals surface area contributed by atoms with Gasteiger partial charge in [-0.2, -0.15) is 0 Å². The van der Waals surface area contributed by atoms with Crippen LogP contribution in [0, 0.1) is 6.92 Å². The third kappa shape index (κ3) is 3.28. The van der Waals surface area contributed by atoms with Gasteiger partial charge in [0.1, 0.15) is 0 Å². The molecule has 0 amide bonds. The summed E-state index contributed by atoms with van der Waals surface area (Å²) in [7, 11) is 0. The van der Waals surface area contributed by atoms with Crippen molar-refractivity contribution in [2.75, 3.05) is 5.32 Å². The van der Waals surface area contributed by atoms with E-state index in [2.05, 4.69) is 54.7 Å². The molecular weight excluding hydrogens is 270 g/mol. The van der Waals surface area contributed by atoms with Crippen LogP contribution in [0.4, 0.5) is 5.69 Å². The molecule has 1 aliphatic rings. The van der Waals surface area contributed by atoms with Crippen molar-refractivity contribution < 1.29 is 4.79 Å². The fourth-order valence-corrected chi connectivity index (χ4v) is 2.86. The lowest BCUT2D eigenvalue weighted by atomic mass is 9.88. The Morgan fingerprint density at radius 1 is 1.00 bits per heavy atom. The Bertz CT molecular complexity index is 671. The van der Waals surface area contributed by atoms with Gasteiger partial charge in [0.25, 0.3) is 0 Å². The Morgan fingerprint density at radius 2 is 1.73 bits per heavy atom. The molecule has 0 saturated carbocycles. The van der Waals surface area contributed by atoms with Crippen molar-refractivity contribution in [3.63, 3.8) is 0 Å².